The van der Waals surface area contributed by atoms with Gasteiger partial charge in [-0.15, -0.1) is 12.4 Å². The number of methoxy groups -OCH3 is 2. The molecule has 0 aliphatic carbocycles. The minimum Gasteiger partial charge on any atom is -0.493 e. The first-order valence-corrected chi connectivity index (χ1v) is 11.7. The third-order valence-corrected chi connectivity index (χ3v) is 6.77. The zero-order valence-electron chi connectivity index (χ0n) is 18.6. The number of carbonyl (C=O) groups is 1. The third kappa shape index (κ3) is 5.88. The number of para-hydroxylation sites is 1. The van der Waals surface area contributed by atoms with E-state index in [1.54, 1.807) is 37.3 Å². The molecule has 1 aliphatic heterocycles. The fourth-order valence-corrected chi connectivity index (χ4v) is 4.99. The molecule has 0 N–H and O–H groups in total. The topological polar surface area (TPSA) is 64.1 Å². The molecule has 33 heavy (non-hydrogen) atoms. The first-order valence-electron chi connectivity index (χ1n) is 10.5. The lowest BCUT2D eigenvalue weighted by atomic mass is 10.1. The Morgan fingerprint density at radius 2 is 1.94 bits per heavy atom. The Labute approximate surface area is 208 Å². The second-order valence-electron chi connectivity index (χ2n) is 7.42. The number of halogens is 2. The van der Waals surface area contributed by atoms with E-state index in [1.165, 1.54) is 11.3 Å². The highest BCUT2D eigenvalue weighted by Gasteiger charge is 2.23. The van der Waals surface area contributed by atoms with Crippen molar-refractivity contribution in [1.82, 2.24) is 9.88 Å². The van der Waals surface area contributed by atoms with Gasteiger partial charge >= 0.3 is 0 Å². The van der Waals surface area contributed by atoms with Crippen LogP contribution in [0.2, 0.25) is 5.02 Å². The third-order valence-electron chi connectivity index (χ3n) is 5.42. The predicted molar refractivity (Wildman–Crippen MR) is 135 cm³/mol. The second-order valence-corrected chi connectivity index (χ2v) is 8.83. The number of ether oxygens (including phenoxy) is 3. The first kappa shape index (κ1) is 25.5. The van der Waals surface area contributed by atoms with Gasteiger partial charge in [0.2, 0.25) is 0 Å². The van der Waals surface area contributed by atoms with Crippen LogP contribution in [0.3, 0.4) is 0 Å². The molecule has 0 spiro atoms. The molecule has 7 nitrogen and oxygen atoms in total. The number of aromatic nitrogens is 1. The zero-order chi connectivity index (χ0) is 22.5. The molecule has 1 saturated heterocycles. The molecule has 4 rings (SSSR count). The fraction of sp³-hybridized carbons (Fsp3) is 0.391. The summed E-state index contributed by atoms with van der Waals surface area (Å²) in [7, 11) is 3.13. The van der Waals surface area contributed by atoms with Crippen molar-refractivity contribution in [3.8, 4) is 11.5 Å². The summed E-state index contributed by atoms with van der Waals surface area (Å²) in [5.74, 6) is 0.955. The van der Waals surface area contributed by atoms with E-state index in [1.807, 2.05) is 18.2 Å². The molecule has 0 bridgehead atoms. The van der Waals surface area contributed by atoms with Crippen molar-refractivity contribution in [3.63, 3.8) is 0 Å². The fourth-order valence-electron chi connectivity index (χ4n) is 3.71. The average Bonchev–Trinajstić information content (AvgIpc) is 3.27. The minimum absolute atomic E-state index is 0. The summed E-state index contributed by atoms with van der Waals surface area (Å²) in [6, 6.07) is 10.9. The molecule has 1 amide bonds. The molecule has 1 fully saturated rings. The van der Waals surface area contributed by atoms with Crippen molar-refractivity contribution in [2.75, 3.05) is 58.5 Å². The number of hydrogen-bond donors (Lipinski definition) is 0. The van der Waals surface area contributed by atoms with Crippen molar-refractivity contribution in [3.05, 3.63) is 47.0 Å². The molecule has 0 radical (unpaired) electrons. The number of rotatable bonds is 8. The van der Waals surface area contributed by atoms with Crippen molar-refractivity contribution in [2.24, 2.45) is 0 Å². The van der Waals surface area contributed by atoms with Crippen LogP contribution >= 0.6 is 35.3 Å². The van der Waals surface area contributed by atoms with Crippen LogP contribution < -0.4 is 14.4 Å². The smallest absolute Gasteiger partial charge is 0.260 e. The SMILES string of the molecule is COc1ccc(C(=O)N(CCCN2CCOCC2)c2nc3c(Cl)cccc3s2)cc1OC.Cl. The highest BCUT2D eigenvalue weighted by atomic mass is 35.5. The van der Waals surface area contributed by atoms with Crippen LogP contribution in [-0.4, -0.2) is 69.4 Å². The van der Waals surface area contributed by atoms with Crippen LogP contribution in [0.4, 0.5) is 5.13 Å². The zero-order valence-corrected chi connectivity index (χ0v) is 21.0. The molecule has 178 valence electrons. The van der Waals surface area contributed by atoms with Crippen LogP contribution in [0.1, 0.15) is 16.8 Å². The molecule has 0 unspecified atom stereocenters. The number of fused-ring (bicyclic) bond motifs is 1. The van der Waals surface area contributed by atoms with Crippen LogP contribution in [0.15, 0.2) is 36.4 Å². The van der Waals surface area contributed by atoms with Gasteiger partial charge in [0.25, 0.3) is 5.91 Å². The lowest BCUT2D eigenvalue weighted by Crippen LogP contribution is -2.39. The van der Waals surface area contributed by atoms with Gasteiger partial charge in [0, 0.05) is 31.7 Å². The van der Waals surface area contributed by atoms with Crippen molar-refractivity contribution in [2.45, 2.75) is 6.42 Å². The molecule has 3 aromatic rings. The highest BCUT2D eigenvalue weighted by molar-refractivity contribution is 7.22. The monoisotopic (exact) mass is 511 g/mol. The van der Waals surface area contributed by atoms with Gasteiger partial charge < -0.3 is 14.2 Å². The summed E-state index contributed by atoms with van der Waals surface area (Å²) in [6.45, 7) is 4.78. The minimum atomic E-state index is -0.136. The van der Waals surface area contributed by atoms with Gasteiger partial charge in [-0.3, -0.25) is 14.6 Å². The van der Waals surface area contributed by atoms with E-state index < -0.39 is 0 Å². The Bertz CT molecular complexity index is 1090. The van der Waals surface area contributed by atoms with E-state index in [2.05, 4.69) is 4.90 Å². The number of morpholine rings is 1. The van der Waals surface area contributed by atoms with E-state index in [-0.39, 0.29) is 18.3 Å². The number of hydrogen-bond acceptors (Lipinski definition) is 7. The molecule has 0 atom stereocenters. The van der Waals surface area contributed by atoms with Crippen molar-refractivity contribution >= 4 is 56.6 Å². The molecule has 2 heterocycles. The Balaban J connectivity index is 0.00000306. The molecule has 1 aromatic heterocycles. The number of carbonyl (C=O) groups excluding carboxylic acids is 1. The van der Waals surface area contributed by atoms with Gasteiger partial charge in [-0.2, -0.15) is 0 Å². The predicted octanol–water partition coefficient (Wildman–Crippen LogP) is 4.76. The van der Waals surface area contributed by atoms with Crippen LogP contribution in [-0.2, 0) is 4.74 Å². The maximum absolute atomic E-state index is 13.6. The summed E-state index contributed by atoms with van der Waals surface area (Å²) in [6.07, 6.45) is 0.822. The van der Waals surface area contributed by atoms with Gasteiger partial charge in [-0.25, -0.2) is 4.98 Å². The summed E-state index contributed by atoms with van der Waals surface area (Å²) < 4.78 is 17.1. The van der Waals surface area contributed by atoms with E-state index in [0.29, 0.717) is 39.3 Å². The Morgan fingerprint density at radius 3 is 2.64 bits per heavy atom. The van der Waals surface area contributed by atoms with Crippen LogP contribution in [0.25, 0.3) is 10.2 Å². The summed E-state index contributed by atoms with van der Waals surface area (Å²) in [5, 5.41) is 1.21. The molecule has 1 aliphatic rings. The van der Waals surface area contributed by atoms with E-state index in [9.17, 15) is 4.79 Å². The summed E-state index contributed by atoms with van der Waals surface area (Å²) in [5.41, 5.74) is 1.23. The molecule has 10 heteroatoms. The number of nitrogens with zero attached hydrogens (tertiary/aromatic N) is 3. The second kappa shape index (κ2) is 11.9. The lowest BCUT2D eigenvalue weighted by molar-refractivity contribution is 0.0376. The standard InChI is InChI=1S/C23H26ClN3O4S.ClH/c1-29-18-8-7-16(15-19(18)30-2)22(28)27(10-4-9-26-11-13-31-14-12-26)23-25-21-17(24)5-3-6-20(21)32-23;/h3,5-8,15H,4,9-14H2,1-2H3;1H. The maximum atomic E-state index is 13.6. The molecular weight excluding hydrogens is 485 g/mol. The van der Waals surface area contributed by atoms with Crippen LogP contribution in [0, 0.1) is 0 Å². The summed E-state index contributed by atoms with van der Waals surface area (Å²) in [4.78, 5) is 22.4. The normalized spacial score (nSPS) is 14.0. The van der Waals surface area contributed by atoms with Gasteiger partial charge in [-0.05, 0) is 36.8 Å². The van der Waals surface area contributed by atoms with E-state index >= 15 is 0 Å². The first-order chi connectivity index (χ1) is 15.6. The molecule has 0 saturated carbocycles. The highest BCUT2D eigenvalue weighted by Crippen LogP contribution is 2.34. The van der Waals surface area contributed by atoms with Crippen molar-refractivity contribution in [1.29, 1.82) is 0 Å². The Morgan fingerprint density at radius 1 is 1.18 bits per heavy atom. The average molecular weight is 512 g/mol. The number of benzene rings is 2. The van der Waals surface area contributed by atoms with Crippen molar-refractivity contribution < 1.29 is 19.0 Å². The number of thiazole rings is 1. The van der Waals surface area contributed by atoms with Gasteiger partial charge in [0.1, 0.15) is 5.52 Å². The van der Waals surface area contributed by atoms with E-state index in [0.717, 1.165) is 44.0 Å². The molecular formula is C23H27Cl2N3O4S. The largest absolute Gasteiger partial charge is 0.493 e. The maximum Gasteiger partial charge on any atom is 0.260 e. The van der Waals surface area contributed by atoms with Gasteiger partial charge in [-0.1, -0.05) is 29.0 Å². The van der Waals surface area contributed by atoms with Gasteiger partial charge in [0.05, 0.1) is 37.2 Å². The Hall–Kier alpha value is -2.10. The quantitative estimate of drug-likeness (QED) is 0.434. The number of amides is 1. The summed E-state index contributed by atoms with van der Waals surface area (Å²) >= 11 is 7.81. The lowest BCUT2D eigenvalue weighted by Gasteiger charge is -2.27. The van der Waals surface area contributed by atoms with E-state index in [4.69, 9.17) is 30.8 Å². The number of anilines is 1. The molecule has 2 aromatic carbocycles. The van der Waals surface area contributed by atoms with Gasteiger partial charge in [0.15, 0.2) is 16.6 Å². The van der Waals surface area contributed by atoms with Crippen LogP contribution in [0.5, 0.6) is 11.5 Å². The Kier molecular flexibility index (Phi) is 9.17.